The van der Waals surface area contributed by atoms with Gasteiger partial charge >= 0.3 is 11.9 Å². The normalized spacial score (nSPS) is 17.2. The maximum Gasteiger partial charge on any atom is 0.314 e. The fraction of sp³-hybridized carbons (Fsp3) is 0.286. The molecule has 4 nitrogen and oxygen atoms in total. The van der Waals surface area contributed by atoms with E-state index in [1.807, 2.05) is 42.1 Å². The lowest BCUT2D eigenvalue weighted by Gasteiger charge is -2.19. The molecule has 1 aliphatic heterocycles. The lowest BCUT2D eigenvalue weighted by atomic mass is 9.91. The van der Waals surface area contributed by atoms with E-state index >= 15 is 0 Å². The molecule has 1 saturated heterocycles. The summed E-state index contributed by atoms with van der Waals surface area (Å²) in [5.41, 5.74) is 2.16. The Kier molecular flexibility index (Phi) is 2.44. The Morgan fingerprint density at radius 3 is 2.56 bits per heavy atom. The van der Waals surface area contributed by atoms with E-state index in [0.717, 1.165) is 16.5 Å². The first-order valence-electron chi connectivity index (χ1n) is 5.92. The van der Waals surface area contributed by atoms with Crippen molar-refractivity contribution in [1.82, 2.24) is 4.57 Å². The van der Waals surface area contributed by atoms with Crippen molar-refractivity contribution in [3.63, 3.8) is 0 Å². The van der Waals surface area contributed by atoms with Crippen molar-refractivity contribution in [2.75, 3.05) is 0 Å². The van der Waals surface area contributed by atoms with Gasteiger partial charge < -0.3 is 9.30 Å². The average molecular weight is 243 g/mol. The number of ether oxygens (including phenoxy) is 1. The molecule has 1 aromatic heterocycles. The van der Waals surface area contributed by atoms with Gasteiger partial charge in [0.15, 0.2) is 0 Å². The standard InChI is InChI=1S/C14H13NO3/c1-15-8-11(10-4-2-3-5-12(10)15)9-6-13(16)18-14(17)7-9/h2-5,8-9H,6-7H2,1H3. The highest BCUT2D eigenvalue weighted by molar-refractivity contribution is 5.92. The van der Waals surface area contributed by atoms with Crippen LogP contribution in [0.3, 0.4) is 0 Å². The summed E-state index contributed by atoms with van der Waals surface area (Å²) >= 11 is 0. The lowest BCUT2D eigenvalue weighted by molar-refractivity contribution is -0.163. The van der Waals surface area contributed by atoms with E-state index in [2.05, 4.69) is 4.74 Å². The molecular weight excluding hydrogens is 230 g/mol. The Morgan fingerprint density at radius 1 is 1.17 bits per heavy atom. The quantitative estimate of drug-likeness (QED) is 0.569. The number of aryl methyl sites for hydroxylation is 1. The zero-order valence-electron chi connectivity index (χ0n) is 10.1. The second-order valence-corrected chi connectivity index (χ2v) is 4.66. The lowest BCUT2D eigenvalue weighted by Crippen LogP contribution is -2.24. The molecule has 0 unspecified atom stereocenters. The van der Waals surface area contributed by atoms with Crippen molar-refractivity contribution >= 4 is 22.8 Å². The van der Waals surface area contributed by atoms with Crippen LogP contribution >= 0.6 is 0 Å². The van der Waals surface area contributed by atoms with E-state index in [9.17, 15) is 9.59 Å². The van der Waals surface area contributed by atoms with Gasteiger partial charge in [0.05, 0.1) is 12.8 Å². The second-order valence-electron chi connectivity index (χ2n) is 4.66. The Morgan fingerprint density at radius 2 is 1.83 bits per heavy atom. The molecule has 0 bridgehead atoms. The van der Waals surface area contributed by atoms with Crippen molar-refractivity contribution in [2.24, 2.45) is 7.05 Å². The van der Waals surface area contributed by atoms with Crippen LogP contribution in [0.2, 0.25) is 0 Å². The molecule has 0 saturated carbocycles. The number of carbonyl (C=O) groups is 2. The predicted molar refractivity (Wildman–Crippen MR) is 66.0 cm³/mol. The SMILES string of the molecule is Cn1cc(C2CC(=O)OC(=O)C2)c2ccccc21. The van der Waals surface area contributed by atoms with Crippen LogP contribution in [0.5, 0.6) is 0 Å². The maximum absolute atomic E-state index is 11.4. The van der Waals surface area contributed by atoms with Gasteiger partial charge in [0, 0.05) is 30.1 Å². The molecule has 3 rings (SSSR count). The summed E-state index contributed by atoms with van der Waals surface area (Å²) in [4.78, 5) is 22.7. The molecule has 0 atom stereocenters. The number of carbonyl (C=O) groups excluding carboxylic acids is 2. The molecule has 0 amide bonds. The fourth-order valence-corrected chi connectivity index (χ4v) is 2.60. The summed E-state index contributed by atoms with van der Waals surface area (Å²) in [5.74, 6) is -0.918. The molecule has 2 aromatic rings. The Hall–Kier alpha value is -2.10. The predicted octanol–water partition coefficient (Wildman–Crippen LogP) is 2.13. The highest BCUT2D eigenvalue weighted by atomic mass is 16.6. The number of rotatable bonds is 1. The number of hydrogen-bond donors (Lipinski definition) is 0. The van der Waals surface area contributed by atoms with Gasteiger partial charge in [-0.2, -0.15) is 0 Å². The monoisotopic (exact) mass is 243 g/mol. The van der Waals surface area contributed by atoms with Gasteiger partial charge in [0.1, 0.15) is 0 Å². The molecule has 4 heteroatoms. The largest absolute Gasteiger partial charge is 0.393 e. The Bertz CT molecular complexity index is 626. The van der Waals surface area contributed by atoms with Crippen LogP contribution in [0.4, 0.5) is 0 Å². The highest BCUT2D eigenvalue weighted by Gasteiger charge is 2.30. The molecule has 0 radical (unpaired) electrons. The number of fused-ring (bicyclic) bond motifs is 1. The van der Waals surface area contributed by atoms with Gasteiger partial charge in [-0.3, -0.25) is 9.59 Å². The fourth-order valence-electron chi connectivity index (χ4n) is 2.60. The van der Waals surface area contributed by atoms with Gasteiger partial charge in [0.2, 0.25) is 0 Å². The summed E-state index contributed by atoms with van der Waals surface area (Å²) in [7, 11) is 1.97. The van der Waals surface area contributed by atoms with Crippen LogP contribution in [0.1, 0.15) is 24.3 Å². The first-order valence-corrected chi connectivity index (χ1v) is 5.92. The number of aromatic nitrogens is 1. The summed E-state index contributed by atoms with van der Waals surface area (Å²) in [5, 5.41) is 1.10. The van der Waals surface area contributed by atoms with Gasteiger partial charge in [-0.05, 0) is 11.6 Å². The van der Waals surface area contributed by atoms with Crippen molar-refractivity contribution in [3.05, 3.63) is 36.0 Å². The summed E-state index contributed by atoms with van der Waals surface area (Å²) in [6.45, 7) is 0. The topological polar surface area (TPSA) is 48.3 Å². The Labute approximate surface area is 104 Å². The van der Waals surface area contributed by atoms with E-state index in [4.69, 9.17) is 0 Å². The molecule has 2 heterocycles. The van der Waals surface area contributed by atoms with Gasteiger partial charge in [-0.1, -0.05) is 18.2 Å². The average Bonchev–Trinajstić information content (AvgIpc) is 2.66. The number of esters is 2. The molecular formula is C14H13NO3. The van der Waals surface area contributed by atoms with Crippen LogP contribution < -0.4 is 0 Å². The second kappa shape index (κ2) is 3.98. The van der Waals surface area contributed by atoms with Crippen molar-refractivity contribution < 1.29 is 14.3 Å². The first kappa shape index (κ1) is 11.0. The molecule has 1 aromatic carbocycles. The van der Waals surface area contributed by atoms with Gasteiger partial charge in [0.25, 0.3) is 0 Å². The molecule has 18 heavy (non-hydrogen) atoms. The smallest absolute Gasteiger partial charge is 0.314 e. The molecule has 0 N–H and O–H groups in total. The number of nitrogens with zero attached hydrogens (tertiary/aromatic N) is 1. The first-order chi connectivity index (χ1) is 8.65. The van der Waals surface area contributed by atoms with Gasteiger partial charge in [-0.15, -0.1) is 0 Å². The Balaban J connectivity index is 2.09. The van der Waals surface area contributed by atoms with Gasteiger partial charge in [-0.25, -0.2) is 0 Å². The van der Waals surface area contributed by atoms with Crippen molar-refractivity contribution in [2.45, 2.75) is 18.8 Å². The van der Waals surface area contributed by atoms with E-state index in [1.165, 1.54) is 0 Å². The summed E-state index contributed by atoms with van der Waals surface area (Å²) in [6.07, 6.45) is 2.56. The minimum Gasteiger partial charge on any atom is -0.393 e. The van der Waals surface area contributed by atoms with Crippen molar-refractivity contribution in [3.8, 4) is 0 Å². The van der Waals surface area contributed by atoms with Crippen LogP contribution in [-0.2, 0) is 21.4 Å². The summed E-state index contributed by atoms with van der Waals surface area (Å²) < 4.78 is 6.60. The van der Waals surface area contributed by atoms with Crippen LogP contribution in [0.15, 0.2) is 30.5 Å². The van der Waals surface area contributed by atoms with E-state index in [-0.39, 0.29) is 18.8 Å². The molecule has 0 aliphatic carbocycles. The third kappa shape index (κ3) is 1.70. The molecule has 1 aliphatic rings. The van der Waals surface area contributed by atoms with Crippen LogP contribution in [0.25, 0.3) is 10.9 Å². The van der Waals surface area contributed by atoms with E-state index < -0.39 is 11.9 Å². The van der Waals surface area contributed by atoms with Crippen LogP contribution in [-0.4, -0.2) is 16.5 Å². The minimum atomic E-state index is -0.427. The van der Waals surface area contributed by atoms with E-state index in [1.54, 1.807) is 0 Å². The number of cyclic esters (lactones) is 2. The molecule has 92 valence electrons. The van der Waals surface area contributed by atoms with Crippen molar-refractivity contribution in [1.29, 1.82) is 0 Å². The van der Waals surface area contributed by atoms with Crippen LogP contribution in [0, 0.1) is 0 Å². The number of benzene rings is 1. The zero-order chi connectivity index (χ0) is 12.7. The van der Waals surface area contributed by atoms with E-state index in [0.29, 0.717) is 0 Å². The third-order valence-electron chi connectivity index (χ3n) is 3.42. The maximum atomic E-state index is 11.4. The third-order valence-corrected chi connectivity index (χ3v) is 3.42. The minimum absolute atomic E-state index is 0.0650. The molecule has 0 spiro atoms. The number of para-hydroxylation sites is 1. The molecule has 1 fully saturated rings. The summed E-state index contributed by atoms with van der Waals surface area (Å²) in [6, 6.07) is 8.00. The zero-order valence-corrected chi connectivity index (χ0v) is 10.1. The number of hydrogen-bond acceptors (Lipinski definition) is 3. The highest BCUT2D eigenvalue weighted by Crippen LogP contribution is 2.34.